The Morgan fingerprint density at radius 3 is 2.59 bits per heavy atom. The van der Waals surface area contributed by atoms with Crippen molar-refractivity contribution in [3.63, 3.8) is 0 Å². The summed E-state index contributed by atoms with van der Waals surface area (Å²) in [4.78, 5) is 22.8. The zero-order chi connectivity index (χ0) is 16.1. The van der Waals surface area contributed by atoms with Crippen LogP contribution >= 0.6 is 0 Å². The van der Waals surface area contributed by atoms with Crippen LogP contribution in [0.4, 0.5) is 0 Å². The maximum Gasteiger partial charge on any atom is 0.303 e. The minimum absolute atomic E-state index is 0.108. The Morgan fingerprint density at radius 1 is 1.23 bits per heavy atom. The molecule has 0 aliphatic carbocycles. The molecule has 0 amide bonds. The van der Waals surface area contributed by atoms with Crippen molar-refractivity contribution in [2.45, 2.75) is 26.7 Å². The highest BCUT2D eigenvalue weighted by molar-refractivity contribution is 5.85. The molecule has 1 aromatic carbocycles. The smallest absolute Gasteiger partial charge is 0.303 e. The van der Waals surface area contributed by atoms with Crippen LogP contribution in [0, 0.1) is 0 Å². The fourth-order valence-corrected chi connectivity index (χ4v) is 2.13. The highest BCUT2D eigenvalue weighted by Gasteiger charge is 2.16. The maximum absolute atomic E-state index is 12.2. The first kappa shape index (κ1) is 15.9. The predicted octanol–water partition coefficient (Wildman–Crippen LogP) is 2.61. The van der Waals surface area contributed by atoms with Crippen LogP contribution in [-0.4, -0.2) is 24.3 Å². The van der Waals surface area contributed by atoms with Crippen LogP contribution in [0.3, 0.4) is 0 Å². The predicted molar refractivity (Wildman–Crippen MR) is 80.8 cm³/mol. The van der Waals surface area contributed by atoms with E-state index in [0.717, 1.165) is 0 Å². The quantitative estimate of drug-likeness (QED) is 0.846. The van der Waals surface area contributed by atoms with Crippen molar-refractivity contribution in [1.29, 1.82) is 0 Å². The molecule has 0 unspecified atom stereocenters. The monoisotopic (exact) mass is 306 g/mol. The Morgan fingerprint density at radius 2 is 1.95 bits per heavy atom. The summed E-state index contributed by atoms with van der Waals surface area (Å²) < 4.78 is 16.8. The topological polar surface area (TPSA) is 86.0 Å². The van der Waals surface area contributed by atoms with Gasteiger partial charge in [-0.3, -0.25) is 9.59 Å². The number of aliphatic carboxylic acids is 1. The second kappa shape index (κ2) is 6.98. The molecule has 0 spiro atoms. The van der Waals surface area contributed by atoms with Gasteiger partial charge in [-0.1, -0.05) is 0 Å². The van der Waals surface area contributed by atoms with Crippen molar-refractivity contribution in [2.24, 2.45) is 0 Å². The zero-order valence-electron chi connectivity index (χ0n) is 12.5. The van der Waals surface area contributed by atoms with E-state index in [-0.39, 0.29) is 18.3 Å². The molecule has 6 heteroatoms. The third kappa shape index (κ3) is 3.39. The molecule has 0 fully saturated rings. The van der Waals surface area contributed by atoms with E-state index < -0.39 is 5.97 Å². The van der Waals surface area contributed by atoms with Crippen molar-refractivity contribution in [1.82, 2.24) is 0 Å². The normalized spacial score (nSPS) is 10.6. The number of carboxylic acids is 1. The van der Waals surface area contributed by atoms with Gasteiger partial charge in [0.2, 0.25) is 5.75 Å². The Hall–Kier alpha value is -2.50. The molecule has 2 aromatic rings. The molecular formula is C16H18O6. The van der Waals surface area contributed by atoms with Gasteiger partial charge in [0.25, 0.3) is 0 Å². The van der Waals surface area contributed by atoms with E-state index in [9.17, 15) is 9.59 Å². The van der Waals surface area contributed by atoms with E-state index in [1.807, 2.05) is 13.8 Å². The zero-order valence-corrected chi connectivity index (χ0v) is 12.5. The summed E-state index contributed by atoms with van der Waals surface area (Å²) in [5.74, 6) is 0.233. The largest absolute Gasteiger partial charge is 0.490 e. The Bertz CT molecular complexity index is 731. The van der Waals surface area contributed by atoms with Gasteiger partial charge in [-0.25, -0.2) is 0 Å². The first-order chi connectivity index (χ1) is 10.6. The van der Waals surface area contributed by atoms with Crippen LogP contribution in [0.25, 0.3) is 11.0 Å². The van der Waals surface area contributed by atoms with Crippen LogP contribution in [0.2, 0.25) is 0 Å². The van der Waals surface area contributed by atoms with E-state index in [1.54, 1.807) is 12.1 Å². The summed E-state index contributed by atoms with van der Waals surface area (Å²) >= 11 is 0. The van der Waals surface area contributed by atoms with Gasteiger partial charge in [0, 0.05) is 12.5 Å². The number of carboxylic acid groups (broad SMARTS) is 1. The molecule has 0 bridgehead atoms. The second-order valence-corrected chi connectivity index (χ2v) is 4.61. The lowest BCUT2D eigenvalue weighted by atomic mass is 10.1. The standard InChI is InChI=1S/C16H18O6/c1-3-20-13-7-6-11-12(17)9-10(5-8-14(18)19)22-15(11)16(13)21-4-2/h6-7,9H,3-5,8H2,1-2H3,(H,18,19). The van der Waals surface area contributed by atoms with Gasteiger partial charge in [-0.15, -0.1) is 0 Å². The SMILES string of the molecule is CCOc1ccc2c(=O)cc(CCC(=O)O)oc2c1OCC. The van der Waals surface area contributed by atoms with Gasteiger partial charge in [-0.2, -0.15) is 0 Å². The lowest BCUT2D eigenvalue weighted by molar-refractivity contribution is -0.137. The van der Waals surface area contributed by atoms with Crippen LogP contribution in [0.5, 0.6) is 11.5 Å². The van der Waals surface area contributed by atoms with Crippen molar-refractivity contribution in [3.8, 4) is 11.5 Å². The minimum Gasteiger partial charge on any atom is -0.490 e. The highest BCUT2D eigenvalue weighted by Crippen LogP contribution is 2.35. The lowest BCUT2D eigenvalue weighted by Crippen LogP contribution is -2.07. The highest BCUT2D eigenvalue weighted by atomic mass is 16.5. The van der Waals surface area contributed by atoms with E-state index >= 15 is 0 Å². The summed E-state index contributed by atoms with van der Waals surface area (Å²) in [5, 5.41) is 9.13. The number of hydrogen-bond donors (Lipinski definition) is 1. The summed E-state index contributed by atoms with van der Waals surface area (Å²) in [5.41, 5.74) is 0.0614. The molecule has 1 N–H and O–H groups in total. The maximum atomic E-state index is 12.2. The molecule has 0 aliphatic heterocycles. The van der Waals surface area contributed by atoms with Crippen molar-refractivity contribution in [2.75, 3.05) is 13.2 Å². The second-order valence-electron chi connectivity index (χ2n) is 4.61. The van der Waals surface area contributed by atoms with Crippen molar-refractivity contribution >= 4 is 16.9 Å². The Labute approximate surface area is 127 Å². The molecule has 0 saturated carbocycles. The Kier molecular flexibility index (Phi) is 5.04. The van der Waals surface area contributed by atoms with Crippen LogP contribution < -0.4 is 14.9 Å². The third-order valence-electron chi connectivity index (χ3n) is 3.04. The Balaban J connectivity index is 2.58. The van der Waals surface area contributed by atoms with E-state index in [4.69, 9.17) is 19.0 Å². The van der Waals surface area contributed by atoms with Gasteiger partial charge in [0.15, 0.2) is 16.8 Å². The molecule has 0 atom stereocenters. The summed E-state index contributed by atoms with van der Waals surface area (Å²) in [6.07, 6.45) is 0.0362. The minimum atomic E-state index is -0.948. The summed E-state index contributed by atoms with van der Waals surface area (Å²) in [7, 11) is 0. The fraction of sp³-hybridized carbons (Fsp3) is 0.375. The van der Waals surface area contributed by atoms with Gasteiger partial charge in [0.1, 0.15) is 5.76 Å². The molecule has 22 heavy (non-hydrogen) atoms. The number of rotatable bonds is 7. The number of ether oxygens (including phenoxy) is 2. The number of fused-ring (bicyclic) bond motifs is 1. The average molecular weight is 306 g/mol. The number of carbonyl (C=O) groups is 1. The molecule has 1 heterocycles. The first-order valence-electron chi connectivity index (χ1n) is 7.14. The first-order valence-corrected chi connectivity index (χ1v) is 7.14. The number of benzene rings is 1. The van der Waals surface area contributed by atoms with Crippen LogP contribution in [-0.2, 0) is 11.2 Å². The van der Waals surface area contributed by atoms with Crippen molar-refractivity contribution in [3.05, 3.63) is 34.2 Å². The fourth-order valence-electron chi connectivity index (χ4n) is 2.13. The molecule has 0 saturated heterocycles. The molecule has 0 aliphatic rings. The summed E-state index contributed by atoms with van der Waals surface area (Å²) in [6.45, 7) is 4.51. The van der Waals surface area contributed by atoms with Gasteiger partial charge < -0.3 is 19.0 Å². The van der Waals surface area contributed by atoms with Gasteiger partial charge in [0.05, 0.1) is 25.0 Å². The van der Waals surface area contributed by atoms with Crippen molar-refractivity contribution < 1.29 is 23.8 Å². The average Bonchev–Trinajstić information content (AvgIpc) is 2.48. The van der Waals surface area contributed by atoms with E-state index in [2.05, 4.69) is 0 Å². The molecule has 0 radical (unpaired) electrons. The molecular weight excluding hydrogens is 288 g/mol. The van der Waals surface area contributed by atoms with Crippen LogP contribution in [0.15, 0.2) is 27.4 Å². The van der Waals surface area contributed by atoms with Crippen LogP contribution in [0.1, 0.15) is 26.0 Å². The molecule has 1 aromatic heterocycles. The summed E-state index contributed by atoms with van der Waals surface area (Å²) in [6, 6.07) is 4.61. The van der Waals surface area contributed by atoms with E-state index in [1.165, 1.54) is 6.07 Å². The number of hydrogen-bond acceptors (Lipinski definition) is 5. The third-order valence-corrected chi connectivity index (χ3v) is 3.04. The molecule has 2 rings (SSSR count). The van der Waals surface area contributed by atoms with Gasteiger partial charge >= 0.3 is 5.97 Å². The number of aryl methyl sites for hydroxylation is 1. The lowest BCUT2D eigenvalue weighted by Gasteiger charge is -2.13. The van der Waals surface area contributed by atoms with Gasteiger partial charge in [-0.05, 0) is 26.0 Å². The molecule has 118 valence electrons. The molecule has 6 nitrogen and oxygen atoms in total. The van der Waals surface area contributed by atoms with E-state index in [0.29, 0.717) is 41.4 Å².